The molecule has 0 spiro atoms. The number of benzene rings is 1. The normalized spacial score (nSPS) is 9.60. The van der Waals surface area contributed by atoms with Gasteiger partial charge in [-0.05, 0) is 24.3 Å². The van der Waals surface area contributed by atoms with Crippen molar-refractivity contribution < 1.29 is 19.3 Å². The Hall–Kier alpha value is -2.09. The molecular weight excluding hydrogens is 328 g/mol. The molecule has 0 saturated heterocycles. The summed E-state index contributed by atoms with van der Waals surface area (Å²) >= 11 is 3.29. The summed E-state index contributed by atoms with van der Waals surface area (Å²) in [5.41, 5.74) is 0.583. The van der Waals surface area contributed by atoms with Crippen molar-refractivity contribution in [3.05, 3.63) is 28.7 Å². The van der Waals surface area contributed by atoms with E-state index in [9.17, 15) is 14.7 Å². The van der Waals surface area contributed by atoms with Gasteiger partial charge in [0.25, 0.3) is 0 Å². The second-order valence-electron chi connectivity index (χ2n) is 4.13. The first-order valence-corrected chi connectivity index (χ1v) is 6.43. The van der Waals surface area contributed by atoms with Crippen LogP contribution in [-0.2, 0) is 0 Å². The van der Waals surface area contributed by atoms with Crippen molar-refractivity contribution in [2.24, 2.45) is 0 Å². The molecular formula is C12H15BrN4O3. The Morgan fingerprint density at radius 1 is 1.25 bits per heavy atom. The first-order valence-electron chi connectivity index (χ1n) is 5.64. The van der Waals surface area contributed by atoms with Crippen molar-refractivity contribution in [1.29, 1.82) is 0 Å². The lowest BCUT2D eigenvalue weighted by atomic mass is 10.3. The van der Waals surface area contributed by atoms with E-state index < -0.39 is 12.1 Å². The number of nitrogens with one attached hydrogen (secondary N) is 2. The highest BCUT2D eigenvalue weighted by Crippen LogP contribution is 2.13. The van der Waals surface area contributed by atoms with Crippen molar-refractivity contribution >= 4 is 39.7 Å². The average molecular weight is 343 g/mol. The van der Waals surface area contributed by atoms with Gasteiger partial charge in [0.15, 0.2) is 0 Å². The minimum absolute atomic E-state index is 0.0830. The average Bonchev–Trinajstić information content (AvgIpc) is 2.37. The van der Waals surface area contributed by atoms with Gasteiger partial charge >= 0.3 is 12.0 Å². The predicted octanol–water partition coefficient (Wildman–Crippen LogP) is 0.474. The largest absolute Gasteiger partial charge is 0.517 e. The SMILES string of the molecule is CN(C(=O)[O-])C(NC(=O)Nc1ccc(Br)cc1)=[N+](C)C. The number of amides is 3. The first-order chi connectivity index (χ1) is 9.31. The maximum absolute atomic E-state index is 11.8. The van der Waals surface area contributed by atoms with E-state index in [1.165, 1.54) is 11.6 Å². The lowest BCUT2D eigenvalue weighted by Gasteiger charge is -2.16. The number of guanidine groups is 1. The number of halogens is 1. The lowest BCUT2D eigenvalue weighted by Crippen LogP contribution is -2.53. The van der Waals surface area contributed by atoms with Crippen molar-refractivity contribution in [2.45, 2.75) is 0 Å². The molecule has 0 radical (unpaired) electrons. The zero-order valence-electron chi connectivity index (χ0n) is 11.3. The monoisotopic (exact) mass is 342 g/mol. The van der Waals surface area contributed by atoms with Gasteiger partial charge in [-0.3, -0.25) is 9.89 Å². The van der Waals surface area contributed by atoms with Gasteiger partial charge in [0.2, 0.25) is 6.09 Å². The van der Waals surface area contributed by atoms with Gasteiger partial charge < -0.3 is 9.90 Å². The molecule has 0 saturated carbocycles. The van der Waals surface area contributed by atoms with Crippen LogP contribution in [0.4, 0.5) is 15.3 Å². The molecule has 0 aliphatic heterocycles. The van der Waals surface area contributed by atoms with Crippen LogP contribution >= 0.6 is 15.9 Å². The number of carbonyl (C=O) groups is 2. The molecule has 2 N–H and O–H groups in total. The van der Waals surface area contributed by atoms with Gasteiger partial charge in [0.05, 0.1) is 21.1 Å². The summed E-state index contributed by atoms with van der Waals surface area (Å²) in [7, 11) is 4.49. The topological polar surface area (TPSA) is 87.5 Å². The molecule has 1 rings (SSSR count). The van der Waals surface area contributed by atoms with Crippen LogP contribution in [0.3, 0.4) is 0 Å². The molecule has 0 fully saturated rings. The van der Waals surface area contributed by atoms with Crippen LogP contribution in [0.5, 0.6) is 0 Å². The summed E-state index contributed by atoms with van der Waals surface area (Å²) in [4.78, 5) is 23.4. The summed E-state index contributed by atoms with van der Waals surface area (Å²) in [6.45, 7) is 0. The maximum atomic E-state index is 11.8. The Morgan fingerprint density at radius 2 is 1.80 bits per heavy atom. The third kappa shape index (κ3) is 4.54. The van der Waals surface area contributed by atoms with Crippen LogP contribution in [0.25, 0.3) is 0 Å². The van der Waals surface area contributed by atoms with Crippen molar-refractivity contribution in [2.75, 3.05) is 26.5 Å². The van der Waals surface area contributed by atoms with Gasteiger partial charge in [-0.2, -0.15) is 5.32 Å². The van der Waals surface area contributed by atoms with Gasteiger partial charge in [0, 0.05) is 10.2 Å². The lowest BCUT2D eigenvalue weighted by molar-refractivity contribution is -0.471. The first kappa shape index (κ1) is 16.0. The summed E-state index contributed by atoms with van der Waals surface area (Å²) in [6, 6.07) is 6.42. The third-order valence-corrected chi connectivity index (χ3v) is 2.87. The number of anilines is 1. The van der Waals surface area contributed by atoms with Crippen molar-refractivity contribution in [3.8, 4) is 0 Å². The van der Waals surface area contributed by atoms with E-state index in [-0.39, 0.29) is 5.96 Å². The molecule has 0 aliphatic carbocycles. The van der Waals surface area contributed by atoms with Crippen LogP contribution in [0.15, 0.2) is 28.7 Å². The molecule has 3 amide bonds. The van der Waals surface area contributed by atoms with Gasteiger partial charge in [-0.1, -0.05) is 15.9 Å². The Morgan fingerprint density at radius 3 is 2.25 bits per heavy atom. The van der Waals surface area contributed by atoms with Gasteiger partial charge in [-0.25, -0.2) is 9.69 Å². The number of hydrogen-bond donors (Lipinski definition) is 2. The van der Waals surface area contributed by atoms with E-state index in [1.54, 1.807) is 38.4 Å². The van der Waals surface area contributed by atoms with Crippen molar-refractivity contribution in [3.63, 3.8) is 0 Å². The van der Waals surface area contributed by atoms with Gasteiger partial charge in [0.1, 0.15) is 0 Å². The van der Waals surface area contributed by atoms with E-state index in [0.29, 0.717) is 5.69 Å². The van der Waals surface area contributed by atoms with E-state index >= 15 is 0 Å². The number of urea groups is 1. The Bertz CT molecular complexity index is 538. The van der Waals surface area contributed by atoms with Crippen LogP contribution in [0.1, 0.15) is 0 Å². The molecule has 0 heterocycles. The van der Waals surface area contributed by atoms with Crippen LogP contribution < -0.4 is 15.7 Å². The van der Waals surface area contributed by atoms with Gasteiger partial charge in [-0.15, -0.1) is 0 Å². The van der Waals surface area contributed by atoms with E-state index in [4.69, 9.17) is 0 Å². The Labute approximate surface area is 125 Å². The zero-order valence-corrected chi connectivity index (χ0v) is 12.9. The fourth-order valence-electron chi connectivity index (χ4n) is 1.38. The quantitative estimate of drug-likeness (QED) is 0.442. The number of carbonyl (C=O) groups excluding carboxylic acids is 2. The number of carboxylic acid groups (broad SMARTS) is 1. The van der Waals surface area contributed by atoms with Crippen molar-refractivity contribution in [1.82, 2.24) is 10.2 Å². The molecule has 7 nitrogen and oxygen atoms in total. The molecule has 0 aliphatic rings. The molecule has 0 unspecified atom stereocenters. The molecule has 8 heteroatoms. The van der Waals surface area contributed by atoms with E-state index in [1.807, 2.05) is 0 Å². The summed E-state index contributed by atoms with van der Waals surface area (Å²) in [6.07, 6.45) is -1.42. The highest BCUT2D eigenvalue weighted by molar-refractivity contribution is 9.10. The molecule has 20 heavy (non-hydrogen) atoms. The fourth-order valence-corrected chi connectivity index (χ4v) is 1.64. The van der Waals surface area contributed by atoms with Crippen LogP contribution in [0, 0.1) is 0 Å². The minimum Gasteiger partial charge on any atom is -0.517 e. The van der Waals surface area contributed by atoms with E-state index in [0.717, 1.165) is 9.37 Å². The Kier molecular flexibility index (Phi) is 5.51. The maximum Gasteiger partial charge on any atom is 0.384 e. The highest BCUT2D eigenvalue weighted by Gasteiger charge is 2.20. The summed E-state index contributed by atoms with van der Waals surface area (Å²) in [5, 5.41) is 15.8. The number of hydrogen-bond acceptors (Lipinski definition) is 3. The highest BCUT2D eigenvalue weighted by atomic mass is 79.9. The molecule has 0 aromatic heterocycles. The fraction of sp³-hybridized carbons (Fsp3) is 0.250. The second-order valence-corrected chi connectivity index (χ2v) is 5.04. The predicted molar refractivity (Wildman–Crippen MR) is 76.6 cm³/mol. The molecule has 0 bridgehead atoms. The van der Waals surface area contributed by atoms with E-state index in [2.05, 4.69) is 26.6 Å². The Balaban J connectivity index is 2.75. The minimum atomic E-state index is -1.42. The molecule has 108 valence electrons. The molecule has 1 aromatic carbocycles. The molecule has 0 atom stereocenters. The number of rotatable bonds is 1. The second kappa shape index (κ2) is 6.90. The summed E-state index contributed by atoms with van der Waals surface area (Å²) in [5.74, 6) is 0.0830. The summed E-state index contributed by atoms with van der Waals surface area (Å²) < 4.78 is 2.34. The van der Waals surface area contributed by atoms with Crippen LogP contribution in [-0.4, -0.2) is 48.7 Å². The zero-order chi connectivity index (χ0) is 15.3. The smallest absolute Gasteiger partial charge is 0.384 e. The molecule has 1 aromatic rings. The van der Waals surface area contributed by atoms with Crippen LogP contribution in [0.2, 0.25) is 0 Å². The number of nitrogens with zero attached hydrogens (tertiary/aromatic N) is 2. The standard InChI is InChI=1S/C12H15BrN4O3/c1-16(2)11(17(3)12(19)20)15-10(18)14-9-6-4-8(13)5-7-9/h4-7H,1-3H3,(H2,14,18,19,20). The third-order valence-electron chi connectivity index (χ3n) is 2.34.